The van der Waals surface area contributed by atoms with Crippen molar-refractivity contribution in [3.63, 3.8) is 0 Å². The monoisotopic (exact) mass is 274 g/mol. The van der Waals surface area contributed by atoms with E-state index in [1.807, 2.05) is 0 Å². The van der Waals surface area contributed by atoms with Crippen LogP contribution in [0.4, 0.5) is 0 Å². The van der Waals surface area contributed by atoms with Crippen LogP contribution in [0.5, 0.6) is 0 Å². The molecule has 6 heteroatoms. The fourth-order valence-corrected chi connectivity index (χ4v) is 2.01. The molecule has 0 aliphatic heterocycles. The number of hydrogen-bond donors (Lipinski definition) is 1. The summed E-state index contributed by atoms with van der Waals surface area (Å²) in [5.74, 6) is 0. The van der Waals surface area contributed by atoms with Gasteiger partial charge in [-0.25, -0.2) is 8.42 Å². The topological polar surface area (TPSA) is 77.4 Å². The van der Waals surface area contributed by atoms with Crippen molar-refractivity contribution in [2.24, 2.45) is 0 Å². The Morgan fingerprint density at radius 2 is 1.65 bits per heavy atom. The van der Waals surface area contributed by atoms with E-state index in [1.54, 1.807) is 0 Å². The fraction of sp³-hybridized carbons (Fsp3) is 1.00. The molecule has 17 heavy (non-hydrogen) atoms. The van der Waals surface area contributed by atoms with Gasteiger partial charge in [-0.2, -0.15) is 0 Å². The van der Waals surface area contributed by atoms with Gasteiger partial charge in [-0.15, -0.1) is 0 Å². The minimum absolute atomic E-state index is 0. The summed E-state index contributed by atoms with van der Waals surface area (Å²) in [6, 6.07) is 0. The molecule has 0 bridgehead atoms. The molecule has 2 unspecified atom stereocenters. The second-order valence-corrected chi connectivity index (χ2v) is 6.17. The van der Waals surface area contributed by atoms with Crippen LogP contribution in [-0.2, 0) is 10.1 Å². The van der Waals surface area contributed by atoms with E-state index in [0.717, 1.165) is 25.7 Å². The summed E-state index contributed by atoms with van der Waals surface area (Å²) in [5, 5.41) is 8.73. The van der Waals surface area contributed by atoms with Gasteiger partial charge in [0.1, 0.15) is 0 Å². The third-order valence-corrected chi connectivity index (χ3v) is 4.00. The predicted molar refractivity (Wildman–Crippen MR) is 63.2 cm³/mol. The first-order chi connectivity index (χ1) is 7.38. The van der Waals surface area contributed by atoms with Gasteiger partial charge in [0.05, 0.1) is 16.2 Å². The van der Waals surface area contributed by atoms with E-state index in [9.17, 15) is 18.1 Å². The average Bonchev–Trinajstić information content (AvgIpc) is 2.16. The standard InChI is InChI=1S/C11H24O4S.Na/c1-3-4-5-8-11(12)9-6-7-10(2)16(13,14)15;/h10-12H,3-9H2,1-2H3,(H,13,14,15);/q;+1/p-1. The Morgan fingerprint density at radius 3 is 2.12 bits per heavy atom. The van der Waals surface area contributed by atoms with Gasteiger partial charge in [0.2, 0.25) is 0 Å². The SMILES string of the molecule is CCCCCC(O)CCCC(C)S(=O)(=O)[O-].[Na+]. The Hall–Kier alpha value is 0.870. The van der Waals surface area contributed by atoms with E-state index in [1.165, 1.54) is 6.92 Å². The van der Waals surface area contributed by atoms with Crippen LogP contribution in [0, 0.1) is 0 Å². The summed E-state index contributed by atoms with van der Waals surface area (Å²) in [6.07, 6.45) is 5.18. The minimum Gasteiger partial charge on any atom is -0.748 e. The molecule has 98 valence electrons. The van der Waals surface area contributed by atoms with Crippen molar-refractivity contribution in [3.05, 3.63) is 0 Å². The fourth-order valence-electron chi connectivity index (χ4n) is 1.56. The number of unbranched alkanes of at least 4 members (excludes halogenated alkanes) is 2. The first-order valence-electron chi connectivity index (χ1n) is 6.00. The largest absolute Gasteiger partial charge is 1.00 e. The van der Waals surface area contributed by atoms with E-state index in [-0.39, 0.29) is 35.7 Å². The van der Waals surface area contributed by atoms with Gasteiger partial charge < -0.3 is 9.66 Å². The second-order valence-electron chi connectivity index (χ2n) is 4.38. The molecule has 0 amide bonds. The van der Waals surface area contributed by atoms with Crippen molar-refractivity contribution >= 4 is 10.1 Å². The van der Waals surface area contributed by atoms with Crippen molar-refractivity contribution in [3.8, 4) is 0 Å². The van der Waals surface area contributed by atoms with Gasteiger partial charge in [-0.3, -0.25) is 0 Å². The van der Waals surface area contributed by atoms with Crippen LogP contribution in [0.15, 0.2) is 0 Å². The predicted octanol–water partition coefficient (Wildman–Crippen LogP) is -0.964. The van der Waals surface area contributed by atoms with Crippen LogP contribution in [0.25, 0.3) is 0 Å². The summed E-state index contributed by atoms with van der Waals surface area (Å²) >= 11 is 0. The maximum Gasteiger partial charge on any atom is 1.00 e. The van der Waals surface area contributed by atoms with Gasteiger partial charge >= 0.3 is 29.6 Å². The van der Waals surface area contributed by atoms with E-state index in [4.69, 9.17) is 0 Å². The number of aliphatic hydroxyl groups excluding tert-OH is 1. The van der Waals surface area contributed by atoms with Crippen LogP contribution in [0.3, 0.4) is 0 Å². The van der Waals surface area contributed by atoms with Crippen molar-refractivity contribution in [1.29, 1.82) is 0 Å². The van der Waals surface area contributed by atoms with Crippen molar-refractivity contribution < 1.29 is 47.6 Å². The Labute approximate surface area is 127 Å². The van der Waals surface area contributed by atoms with Crippen LogP contribution in [0.2, 0.25) is 0 Å². The Balaban J connectivity index is 0. The van der Waals surface area contributed by atoms with Crippen LogP contribution in [0.1, 0.15) is 58.8 Å². The molecule has 0 aliphatic rings. The molecular weight excluding hydrogens is 251 g/mol. The van der Waals surface area contributed by atoms with Gasteiger partial charge in [0.15, 0.2) is 0 Å². The third kappa shape index (κ3) is 11.7. The van der Waals surface area contributed by atoms with E-state index < -0.39 is 15.4 Å². The first-order valence-corrected chi connectivity index (χ1v) is 7.47. The molecule has 0 spiro atoms. The van der Waals surface area contributed by atoms with Gasteiger partial charge in [-0.1, -0.05) is 26.2 Å². The average molecular weight is 274 g/mol. The summed E-state index contributed by atoms with van der Waals surface area (Å²) in [7, 11) is -4.15. The zero-order valence-electron chi connectivity index (χ0n) is 11.2. The van der Waals surface area contributed by atoms with E-state index in [2.05, 4.69) is 6.92 Å². The molecule has 0 aliphatic carbocycles. The second kappa shape index (κ2) is 10.8. The smallest absolute Gasteiger partial charge is 0.748 e. The van der Waals surface area contributed by atoms with Gasteiger partial charge in [0, 0.05) is 5.25 Å². The molecular formula is C11H23NaO4S. The van der Waals surface area contributed by atoms with Crippen LogP contribution in [-0.4, -0.2) is 29.4 Å². The maximum absolute atomic E-state index is 10.6. The molecule has 0 radical (unpaired) electrons. The molecule has 0 aromatic carbocycles. The molecule has 0 aromatic rings. The molecule has 2 atom stereocenters. The Bertz CT molecular complexity index is 267. The number of aliphatic hydroxyl groups is 1. The molecule has 0 saturated heterocycles. The van der Waals surface area contributed by atoms with Gasteiger partial charge in [-0.05, 0) is 32.6 Å². The Kier molecular flexibility index (Phi) is 12.8. The minimum atomic E-state index is -4.15. The quantitative estimate of drug-likeness (QED) is 0.333. The van der Waals surface area contributed by atoms with Crippen molar-refractivity contribution in [1.82, 2.24) is 0 Å². The normalized spacial score (nSPS) is 15.1. The molecule has 0 saturated carbocycles. The van der Waals surface area contributed by atoms with Crippen LogP contribution >= 0.6 is 0 Å². The third-order valence-electron chi connectivity index (χ3n) is 2.78. The zero-order chi connectivity index (χ0) is 12.6. The molecule has 0 aromatic heterocycles. The molecule has 0 rings (SSSR count). The molecule has 4 nitrogen and oxygen atoms in total. The zero-order valence-corrected chi connectivity index (χ0v) is 14.0. The van der Waals surface area contributed by atoms with Gasteiger partial charge in [0.25, 0.3) is 0 Å². The first kappa shape index (κ1) is 20.2. The molecule has 0 fully saturated rings. The summed E-state index contributed by atoms with van der Waals surface area (Å²) in [5.41, 5.74) is 0. The maximum atomic E-state index is 10.6. The Morgan fingerprint density at radius 1 is 1.12 bits per heavy atom. The molecule has 0 heterocycles. The number of rotatable bonds is 9. The summed E-state index contributed by atoms with van der Waals surface area (Å²) in [6.45, 7) is 3.53. The molecule has 1 N–H and O–H groups in total. The van der Waals surface area contributed by atoms with Crippen molar-refractivity contribution in [2.75, 3.05) is 0 Å². The van der Waals surface area contributed by atoms with E-state index in [0.29, 0.717) is 19.3 Å². The van der Waals surface area contributed by atoms with Crippen LogP contribution < -0.4 is 29.6 Å². The number of hydrogen-bond acceptors (Lipinski definition) is 4. The van der Waals surface area contributed by atoms with E-state index >= 15 is 0 Å². The summed E-state index contributed by atoms with van der Waals surface area (Å²) < 4.78 is 31.8. The van der Waals surface area contributed by atoms with Crippen molar-refractivity contribution in [2.45, 2.75) is 70.1 Å². The summed E-state index contributed by atoms with van der Waals surface area (Å²) in [4.78, 5) is 0.